The molecule has 2 rings (SSSR count). The third kappa shape index (κ3) is 3.47. The molecule has 0 saturated carbocycles. The summed E-state index contributed by atoms with van der Waals surface area (Å²) in [7, 11) is 2.02. The highest BCUT2D eigenvalue weighted by molar-refractivity contribution is 5.63. The Morgan fingerprint density at radius 2 is 1.55 bits per heavy atom. The lowest BCUT2D eigenvalue weighted by atomic mass is 9.91. The topological polar surface area (TPSA) is 38.0 Å². The number of hydrogen-bond donors (Lipinski definition) is 2. The van der Waals surface area contributed by atoms with Crippen molar-refractivity contribution in [2.45, 2.75) is 19.4 Å². The van der Waals surface area contributed by atoms with Crippen LogP contribution in [-0.4, -0.2) is 13.6 Å². The molecule has 0 heterocycles. The maximum absolute atomic E-state index is 5.67. The smallest absolute Gasteiger partial charge is 0.0343 e. The Balaban J connectivity index is 2.18. The number of nitrogens with one attached hydrogen (secondary N) is 1. The molecule has 0 aromatic heterocycles. The van der Waals surface area contributed by atoms with Gasteiger partial charge in [-0.25, -0.2) is 0 Å². The lowest BCUT2D eigenvalue weighted by Crippen LogP contribution is -2.25. The van der Waals surface area contributed by atoms with Gasteiger partial charge < -0.3 is 11.1 Å². The molecule has 106 valence electrons. The van der Waals surface area contributed by atoms with Gasteiger partial charge in [-0.3, -0.25) is 0 Å². The first-order valence-electron chi connectivity index (χ1n) is 7.29. The fraction of sp³-hybridized carbons (Fsp3) is 0.333. The maximum Gasteiger partial charge on any atom is 0.0343 e. The van der Waals surface area contributed by atoms with E-state index in [1.54, 1.807) is 0 Å². The molecule has 0 bridgehead atoms. The summed E-state index contributed by atoms with van der Waals surface area (Å²) in [5, 5.41) is 3.41. The van der Waals surface area contributed by atoms with E-state index in [2.05, 4.69) is 60.8 Å². The van der Waals surface area contributed by atoms with Crippen LogP contribution >= 0.6 is 0 Å². The Labute approximate surface area is 122 Å². The minimum Gasteiger partial charge on any atom is -0.330 e. The summed E-state index contributed by atoms with van der Waals surface area (Å²) in [6.07, 6.45) is 1.03. The second-order valence-electron chi connectivity index (χ2n) is 5.31. The van der Waals surface area contributed by atoms with Crippen molar-refractivity contribution in [3.05, 3.63) is 60.2 Å². The van der Waals surface area contributed by atoms with E-state index in [1.807, 2.05) is 13.1 Å². The molecule has 0 amide bonds. The molecular formula is C18H24N2. The summed E-state index contributed by atoms with van der Waals surface area (Å²) < 4.78 is 0. The van der Waals surface area contributed by atoms with Crippen molar-refractivity contribution < 1.29 is 0 Å². The van der Waals surface area contributed by atoms with Gasteiger partial charge in [-0.1, -0.05) is 61.5 Å². The molecule has 0 aliphatic carbocycles. The monoisotopic (exact) mass is 268 g/mol. The molecule has 2 aromatic carbocycles. The average Bonchev–Trinajstić information content (AvgIpc) is 2.50. The van der Waals surface area contributed by atoms with E-state index >= 15 is 0 Å². The molecule has 0 fully saturated rings. The van der Waals surface area contributed by atoms with Gasteiger partial charge in [0.1, 0.15) is 0 Å². The highest BCUT2D eigenvalue weighted by Crippen LogP contribution is 2.26. The molecule has 2 atom stereocenters. The first kappa shape index (κ1) is 14.8. The lowest BCUT2D eigenvalue weighted by molar-refractivity contribution is 0.392. The van der Waals surface area contributed by atoms with Crippen LogP contribution < -0.4 is 11.1 Å². The standard InChI is InChI=1S/C18H24N2/c1-14(12-13-19)18(20-2)17-10-8-16(9-11-17)15-6-4-3-5-7-15/h3-11,14,18,20H,12-13,19H2,1-2H3. The Kier molecular flexibility index (Phi) is 5.33. The molecule has 0 aliphatic rings. The van der Waals surface area contributed by atoms with Crippen LogP contribution in [0.4, 0.5) is 0 Å². The molecule has 2 unspecified atom stereocenters. The molecule has 0 saturated heterocycles. The van der Waals surface area contributed by atoms with Gasteiger partial charge in [0, 0.05) is 6.04 Å². The Hall–Kier alpha value is -1.64. The average molecular weight is 268 g/mol. The van der Waals surface area contributed by atoms with Crippen LogP contribution in [0.2, 0.25) is 0 Å². The predicted octanol–water partition coefficient (Wildman–Crippen LogP) is 3.60. The van der Waals surface area contributed by atoms with Gasteiger partial charge in [0.15, 0.2) is 0 Å². The molecule has 0 radical (unpaired) electrons. The number of rotatable bonds is 6. The second-order valence-corrected chi connectivity index (χ2v) is 5.31. The van der Waals surface area contributed by atoms with Crippen molar-refractivity contribution in [3.8, 4) is 11.1 Å². The van der Waals surface area contributed by atoms with Gasteiger partial charge in [0.25, 0.3) is 0 Å². The Bertz CT molecular complexity index is 505. The van der Waals surface area contributed by atoms with Crippen molar-refractivity contribution in [2.75, 3.05) is 13.6 Å². The molecule has 2 heteroatoms. The number of nitrogens with two attached hydrogens (primary N) is 1. The minimum atomic E-state index is 0.364. The zero-order valence-electron chi connectivity index (χ0n) is 12.3. The fourth-order valence-electron chi connectivity index (χ4n) is 2.72. The van der Waals surface area contributed by atoms with Crippen LogP contribution in [0.3, 0.4) is 0 Å². The van der Waals surface area contributed by atoms with Crippen molar-refractivity contribution >= 4 is 0 Å². The quantitative estimate of drug-likeness (QED) is 0.840. The molecule has 2 nitrogen and oxygen atoms in total. The minimum absolute atomic E-state index is 0.364. The van der Waals surface area contributed by atoms with E-state index in [9.17, 15) is 0 Å². The molecule has 0 spiro atoms. The predicted molar refractivity (Wildman–Crippen MR) is 86.5 cm³/mol. The van der Waals surface area contributed by atoms with Crippen molar-refractivity contribution in [2.24, 2.45) is 11.7 Å². The van der Waals surface area contributed by atoms with Crippen molar-refractivity contribution in [3.63, 3.8) is 0 Å². The molecule has 0 aliphatic heterocycles. The summed E-state index contributed by atoms with van der Waals surface area (Å²) in [5.41, 5.74) is 9.52. The van der Waals surface area contributed by atoms with Gasteiger partial charge in [-0.15, -0.1) is 0 Å². The van der Waals surface area contributed by atoms with Crippen LogP contribution in [0.15, 0.2) is 54.6 Å². The maximum atomic E-state index is 5.67. The van der Waals surface area contributed by atoms with Gasteiger partial charge in [-0.2, -0.15) is 0 Å². The summed E-state index contributed by atoms with van der Waals surface area (Å²) in [5.74, 6) is 0.535. The highest BCUT2D eigenvalue weighted by atomic mass is 14.9. The van der Waals surface area contributed by atoms with Crippen LogP contribution in [-0.2, 0) is 0 Å². The summed E-state index contributed by atoms with van der Waals surface area (Å²) in [6.45, 7) is 2.99. The van der Waals surface area contributed by atoms with Crippen LogP contribution in [0, 0.1) is 5.92 Å². The third-order valence-electron chi connectivity index (χ3n) is 3.88. The molecular weight excluding hydrogens is 244 g/mol. The van der Waals surface area contributed by atoms with Gasteiger partial charge >= 0.3 is 0 Å². The lowest BCUT2D eigenvalue weighted by Gasteiger charge is -2.24. The SMILES string of the molecule is CNC(c1ccc(-c2ccccc2)cc1)C(C)CCN. The van der Waals surface area contributed by atoms with E-state index < -0.39 is 0 Å². The van der Waals surface area contributed by atoms with Crippen molar-refractivity contribution in [1.82, 2.24) is 5.32 Å². The van der Waals surface area contributed by atoms with Crippen LogP contribution in [0.25, 0.3) is 11.1 Å². The molecule has 2 aromatic rings. The Morgan fingerprint density at radius 1 is 0.950 bits per heavy atom. The first-order chi connectivity index (χ1) is 9.76. The first-order valence-corrected chi connectivity index (χ1v) is 7.29. The molecule has 20 heavy (non-hydrogen) atoms. The second kappa shape index (κ2) is 7.22. The van der Waals surface area contributed by atoms with Crippen LogP contribution in [0.5, 0.6) is 0 Å². The summed E-state index contributed by atoms with van der Waals surface area (Å²) in [4.78, 5) is 0. The fourth-order valence-corrected chi connectivity index (χ4v) is 2.72. The van der Waals surface area contributed by atoms with Gasteiger partial charge in [0.05, 0.1) is 0 Å². The zero-order valence-corrected chi connectivity index (χ0v) is 12.3. The largest absolute Gasteiger partial charge is 0.330 e. The van der Waals surface area contributed by atoms with E-state index in [1.165, 1.54) is 16.7 Å². The van der Waals surface area contributed by atoms with E-state index in [-0.39, 0.29) is 0 Å². The summed E-state index contributed by atoms with van der Waals surface area (Å²) >= 11 is 0. The highest BCUT2D eigenvalue weighted by Gasteiger charge is 2.16. The van der Waals surface area contributed by atoms with Gasteiger partial charge in [0.2, 0.25) is 0 Å². The van der Waals surface area contributed by atoms with E-state index in [0.717, 1.165) is 13.0 Å². The van der Waals surface area contributed by atoms with Crippen LogP contribution in [0.1, 0.15) is 24.9 Å². The Morgan fingerprint density at radius 3 is 2.10 bits per heavy atom. The number of benzene rings is 2. The number of hydrogen-bond acceptors (Lipinski definition) is 2. The normalized spacial score (nSPS) is 13.9. The van der Waals surface area contributed by atoms with E-state index in [0.29, 0.717) is 12.0 Å². The van der Waals surface area contributed by atoms with Gasteiger partial charge in [-0.05, 0) is 42.6 Å². The third-order valence-corrected chi connectivity index (χ3v) is 3.88. The van der Waals surface area contributed by atoms with Crippen molar-refractivity contribution in [1.29, 1.82) is 0 Å². The zero-order chi connectivity index (χ0) is 14.4. The summed E-state index contributed by atoms with van der Waals surface area (Å²) in [6, 6.07) is 19.7. The van der Waals surface area contributed by atoms with E-state index in [4.69, 9.17) is 5.73 Å². The molecule has 3 N–H and O–H groups in total.